The number of anilines is 1. The van der Waals surface area contributed by atoms with Crippen LogP contribution >= 0.6 is 0 Å². The van der Waals surface area contributed by atoms with E-state index in [0.29, 0.717) is 11.5 Å². The molecule has 0 saturated carbocycles. The van der Waals surface area contributed by atoms with Crippen LogP contribution in [0.25, 0.3) is 11.0 Å². The quantitative estimate of drug-likeness (QED) is 0.508. The van der Waals surface area contributed by atoms with Crippen molar-refractivity contribution in [3.63, 3.8) is 0 Å². The number of carbonyl (C=O) groups is 1. The molecule has 9 heteroatoms. The van der Waals surface area contributed by atoms with Crippen LogP contribution in [0.3, 0.4) is 0 Å². The monoisotopic (exact) mass is 401 g/mol. The third-order valence-corrected chi connectivity index (χ3v) is 4.81. The third kappa shape index (κ3) is 5.01. The van der Waals surface area contributed by atoms with Crippen LogP contribution in [0.5, 0.6) is 0 Å². The van der Waals surface area contributed by atoms with Crippen molar-refractivity contribution in [1.82, 2.24) is 20.6 Å². The highest BCUT2D eigenvalue weighted by Crippen LogP contribution is 2.19. The van der Waals surface area contributed by atoms with E-state index in [2.05, 4.69) is 25.3 Å². The molecule has 3 aromatic rings. The summed E-state index contributed by atoms with van der Waals surface area (Å²) >= 11 is 0. The summed E-state index contributed by atoms with van der Waals surface area (Å²) < 4.78 is 25.2. The molecule has 1 aromatic heterocycles. The van der Waals surface area contributed by atoms with Crippen LogP contribution in [-0.4, -0.2) is 30.7 Å². The van der Waals surface area contributed by atoms with Crippen LogP contribution < -0.4 is 15.4 Å². The van der Waals surface area contributed by atoms with Gasteiger partial charge in [0.15, 0.2) is 0 Å². The highest BCUT2D eigenvalue weighted by molar-refractivity contribution is 7.92. The first-order valence-corrected chi connectivity index (χ1v) is 10.7. The van der Waals surface area contributed by atoms with Gasteiger partial charge in [-0.25, -0.2) is 18.2 Å². The molecule has 2 atom stereocenters. The summed E-state index contributed by atoms with van der Waals surface area (Å²) in [5.74, 6) is 0.670. The van der Waals surface area contributed by atoms with Crippen molar-refractivity contribution in [3.05, 3.63) is 59.9 Å². The molecule has 1 heterocycles. The van der Waals surface area contributed by atoms with E-state index in [4.69, 9.17) is 0 Å². The van der Waals surface area contributed by atoms with E-state index < -0.39 is 10.0 Å². The number of aromatic nitrogens is 2. The first-order valence-electron chi connectivity index (χ1n) is 8.81. The normalized spacial score (nSPS) is 13.7. The van der Waals surface area contributed by atoms with Gasteiger partial charge in [-0.05, 0) is 43.7 Å². The maximum absolute atomic E-state index is 12.4. The lowest BCUT2D eigenvalue weighted by Crippen LogP contribution is -2.38. The number of urea groups is 1. The second-order valence-corrected chi connectivity index (χ2v) is 8.45. The second kappa shape index (κ2) is 7.89. The van der Waals surface area contributed by atoms with Crippen molar-refractivity contribution in [1.29, 1.82) is 0 Å². The lowest BCUT2D eigenvalue weighted by atomic mass is 10.1. The zero-order valence-corrected chi connectivity index (χ0v) is 16.7. The van der Waals surface area contributed by atoms with E-state index in [-0.39, 0.29) is 18.1 Å². The maximum atomic E-state index is 12.4. The number of sulfonamides is 1. The fourth-order valence-corrected chi connectivity index (χ4v) is 3.40. The summed E-state index contributed by atoms with van der Waals surface area (Å²) in [6, 6.07) is 13.6. The Morgan fingerprint density at radius 1 is 1.04 bits per heavy atom. The number of nitrogens with one attached hydrogen (secondary N) is 4. The molecule has 0 spiro atoms. The molecule has 2 amide bonds. The standard InChI is InChI=1S/C19H23N5O3S/c1-12(14-7-6-8-15(11-14)24-28(3,26)27)20-19(25)21-13(2)18-22-16-9-4-5-10-17(16)23-18/h4-13,24H,1-3H3,(H,22,23)(H2,20,21,25)/t12-,13-/m1/s1. The summed E-state index contributed by atoms with van der Waals surface area (Å²) in [7, 11) is -3.36. The fraction of sp³-hybridized carbons (Fsp3) is 0.263. The molecule has 0 bridgehead atoms. The van der Waals surface area contributed by atoms with Crippen molar-refractivity contribution >= 4 is 32.8 Å². The highest BCUT2D eigenvalue weighted by atomic mass is 32.2. The van der Waals surface area contributed by atoms with Crippen LogP contribution in [0.1, 0.15) is 37.3 Å². The van der Waals surface area contributed by atoms with E-state index in [9.17, 15) is 13.2 Å². The summed E-state index contributed by atoms with van der Waals surface area (Å²) in [4.78, 5) is 20.0. The number of rotatable bonds is 6. The molecule has 0 fully saturated rings. The molecular weight excluding hydrogens is 378 g/mol. The molecule has 0 saturated heterocycles. The van der Waals surface area contributed by atoms with Crippen LogP contribution in [0.4, 0.5) is 10.5 Å². The number of benzene rings is 2. The largest absolute Gasteiger partial charge is 0.340 e. The minimum absolute atomic E-state index is 0.308. The molecule has 2 aromatic carbocycles. The Kier molecular flexibility index (Phi) is 5.55. The van der Waals surface area contributed by atoms with Gasteiger partial charge in [0, 0.05) is 5.69 Å². The molecule has 28 heavy (non-hydrogen) atoms. The summed E-state index contributed by atoms with van der Waals surface area (Å²) in [6.07, 6.45) is 1.09. The Morgan fingerprint density at radius 3 is 2.46 bits per heavy atom. The molecule has 0 aliphatic heterocycles. The van der Waals surface area contributed by atoms with Crippen molar-refractivity contribution < 1.29 is 13.2 Å². The van der Waals surface area contributed by atoms with Gasteiger partial charge in [0.25, 0.3) is 0 Å². The molecule has 4 N–H and O–H groups in total. The summed E-state index contributed by atoms with van der Waals surface area (Å²) in [6.45, 7) is 3.67. The van der Waals surface area contributed by atoms with Gasteiger partial charge < -0.3 is 15.6 Å². The molecule has 148 valence electrons. The van der Waals surface area contributed by atoms with Gasteiger partial charge in [-0.3, -0.25) is 4.72 Å². The smallest absolute Gasteiger partial charge is 0.315 e. The average molecular weight is 401 g/mol. The van der Waals surface area contributed by atoms with Gasteiger partial charge in [0.05, 0.1) is 29.4 Å². The molecule has 8 nitrogen and oxygen atoms in total. The average Bonchev–Trinajstić information content (AvgIpc) is 3.04. The van der Waals surface area contributed by atoms with E-state index in [1.807, 2.05) is 44.2 Å². The van der Waals surface area contributed by atoms with Crippen molar-refractivity contribution in [2.24, 2.45) is 0 Å². The third-order valence-electron chi connectivity index (χ3n) is 4.20. The predicted molar refractivity (Wildman–Crippen MR) is 109 cm³/mol. The lowest BCUT2D eigenvalue weighted by Gasteiger charge is -2.18. The minimum atomic E-state index is -3.36. The zero-order valence-electron chi connectivity index (χ0n) is 15.9. The first-order chi connectivity index (χ1) is 13.2. The molecule has 3 rings (SSSR count). The van der Waals surface area contributed by atoms with Crippen LogP contribution in [0, 0.1) is 0 Å². The Bertz CT molecular complexity index is 1060. The van der Waals surface area contributed by atoms with Gasteiger partial charge >= 0.3 is 6.03 Å². The number of amides is 2. The van der Waals surface area contributed by atoms with Crippen LogP contribution in [0.2, 0.25) is 0 Å². The number of H-pyrrole nitrogens is 1. The van der Waals surface area contributed by atoms with Crippen LogP contribution in [0.15, 0.2) is 48.5 Å². The van der Waals surface area contributed by atoms with E-state index >= 15 is 0 Å². The van der Waals surface area contributed by atoms with Crippen molar-refractivity contribution in [2.45, 2.75) is 25.9 Å². The molecule has 0 unspecified atom stereocenters. The predicted octanol–water partition coefficient (Wildman–Crippen LogP) is 3.06. The number of aromatic amines is 1. The van der Waals surface area contributed by atoms with Gasteiger partial charge in [-0.1, -0.05) is 24.3 Å². The van der Waals surface area contributed by atoms with Crippen LogP contribution in [-0.2, 0) is 10.0 Å². The van der Waals surface area contributed by atoms with Gasteiger partial charge in [-0.2, -0.15) is 0 Å². The Labute approximate surface area is 163 Å². The number of carbonyl (C=O) groups excluding carboxylic acids is 1. The molecule has 0 aliphatic carbocycles. The number of para-hydroxylation sites is 2. The van der Waals surface area contributed by atoms with Gasteiger partial charge in [0.1, 0.15) is 5.82 Å². The number of hydrogen-bond donors (Lipinski definition) is 4. The molecule has 0 radical (unpaired) electrons. The zero-order chi connectivity index (χ0) is 20.3. The number of nitrogens with zero attached hydrogens (tertiary/aromatic N) is 1. The van der Waals surface area contributed by atoms with Gasteiger partial charge in [-0.15, -0.1) is 0 Å². The minimum Gasteiger partial charge on any atom is -0.340 e. The van der Waals surface area contributed by atoms with E-state index in [0.717, 1.165) is 22.9 Å². The number of fused-ring (bicyclic) bond motifs is 1. The second-order valence-electron chi connectivity index (χ2n) is 6.70. The van der Waals surface area contributed by atoms with E-state index in [1.54, 1.807) is 18.2 Å². The Morgan fingerprint density at radius 2 is 1.75 bits per heavy atom. The lowest BCUT2D eigenvalue weighted by molar-refractivity contribution is 0.234. The number of hydrogen-bond acceptors (Lipinski definition) is 4. The summed E-state index contributed by atoms with van der Waals surface area (Å²) in [5, 5.41) is 5.71. The van der Waals surface area contributed by atoms with Gasteiger partial charge in [0.2, 0.25) is 10.0 Å². The molecular formula is C19H23N5O3S. The topological polar surface area (TPSA) is 116 Å². The number of imidazole rings is 1. The van der Waals surface area contributed by atoms with E-state index in [1.165, 1.54) is 0 Å². The molecule has 0 aliphatic rings. The first kappa shape index (κ1) is 19.7. The van der Waals surface area contributed by atoms with Crippen molar-refractivity contribution in [2.75, 3.05) is 11.0 Å². The fourth-order valence-electron chi connectivity index (χ4n) is 2.85. The highest BCUT2D eigenvalue weighted by Gasteiger charge is 2.16. The summed E-state index contributed by atoms with van der Waals surface area (Å²) in [5.41, 5.74) is 2.98. The maximum Gasteiger partial charge on any atom is 0.315 e. The Balaban J connectivity index is 1.63. The Hall–Kier alpha value is -3.07. The van der Waals surface area contributed by atoms with Crippen molar-refractivity contribution in [3.8, 4) is 0 Å². The SMILES string of the molecule is C[C@@H](NC(=O)N[C@H](C)c1nc2ccccc2[nH]1)c1cccc(NS(C)(=O)=O)c1.